The van der Waals surface area contributed by atoms with Crippen LogP contribution in [0.25, 0.3) is 17.3 Å². The molecule has 0 bridgehead atoms. The molecule has 0 saturated heterocycles. The average Bonchev–Trinajstić information content (AvgIpc) is 3.28. The van der Waals surface area contributed by atoms with Crippen molar-refractivity contribution in [1.29, 1.82) is 0 Å². The molecule has 3 heterocycles. The number of amides is 1. The quantitative estimate of drug-likeness (QED) is 0.726. The fourth-order valence-electron chi connectivity index (χ4n) is 2.58. The first-order chi connectivity index (χ1) is 13.2. The number of rotatable bonds is 5. The molecule has 0 saturated carbocycles. The average molecular weight is 382 g/mol. The van der Waals surface area contributed by atoms with Gasteiger partial charge in [0.05, 0.1) is 17.5 Å². The monoisotopic (exact) mass is 382 g/mol. The number of nitrogens with one attached hydrogen (secondary N) is 1. The van der Waals surface area contributed by atoms with E-state index in [9.17, 15) is 4.79 Å². The van der Waals surface area contributed by atoms with Crippen LogP contribution in [0.3, 0.4) is 0 Å². The number of hydrogen-bond donors (Lipinski definition) is 1. The van der Waals surface area contributed by atoms with E-state index in [-0.39, 0.29) is 17.4 Å². The van der Waals surface area contributed by atoms with E-state index in [4.69, 9.17) is 4.52 Å². The van der Waals surface area contributed by atoms with Crippen LogP contribution in [0, 0.1) is 6.92 Å². The van der Waals surface area contributed by atoms with E-state index in [1.807, 2.05) is 47.6 Å². The highest BCUT2D eigenvalue weighted by Gasteiger charge is 2.22. The Labute approximate surface area is 164 Å². The highest BCUT2D eigenvalue weighted by atomic mass is 16.5. The molecule has 0 spiro atoms. The number of carbonyl (C=O) groups excluding carboxylic acids is 1. The second kappa shape index (κ2) is 7.53. The molecule has 1 amide bonds. The lowest BCUT2D eigenvalue weighted by atomic mass is 9.96. The number of nitrogens with zero attached hydrogens (tertiary/aromatic N) is 5. The van der Waals surface area contributed by atoms with E-state index in [1.165, 1.54) is 0 Å². The van der Waals surface area contributed by atoms with Crippen LogP contribution < -0.4 is 5.32 Å². The SMILES string of the molecule is CC[C@@H](C)NC(=O)c1cnn(-c2cc(-c3nc(C(C)(C)C)no3)ccn2)c1C. The fraction of sp³-hybridized carbons (Fsp3) is 0.450. The van der Waals surface area contributed by atoms with Crippen LogP contribution in [0.5, 0.6) is 0 Å². The van der Waals surface area contributed by atoms with Crippen molar-refractivity contribution in [1.82, 2.24) is 30.2 Å². The lowest BCUT2D eigenvalue weighted by Crippen LogP contribution is -2.32. The summed E-state index contributed by atoms with van der Waals surface area (Å²) in [5, 5.41) is 11.4. The highest BCUT2D eigenvalue weighted by molar-refractivity contribution is 5.95. The number of carbonyl (C=O) groups is 1. The highest BCUT2D eigenvalue weighted by Crippen LogP contribution is 2.24. The molecule has 3 aromatic rings. The molecule has 3 aromatic heterocycles. The summed E-state index contributed by atoms with van der Waals surface area (Å²) in [6, 6.07) is 3.72. The molecule has 0 aliphatic rings. The molecular weight excluding hydrogens is 356 g/mol. The van der Waals surface area contributed by atoms with Crippen LogP contribution in [0.15, 0.2) is 29.0 Å². The van der Waals surface area contributed by atoms with Gasteiger partial charge in [0, 0.05) is 23.2 Å². The lowest BCUT2D eigenvalue weighted by molar-refractivity contribution is 0.0938. The maximum Gasteiger partial charge on any atom is 0.258 e. The minimum atomic E-state index is -0.200. The number of hydrogen-bond acceptors (Lipinski definition) is 6. The predicted molar refractivity (Wildman–Crippen MR) is 105 cm³/mol. The third-order valence-corrected chi connectivity index (χ3v) is 4.55. The molecule has 1 N–H and O–H groups in total. The molecule has 28 heavy (non-hydrogen) atoms. The molecule has 148 valence electrons. The van der Waals surface area contributed by atoms with E-state index >= 15 is 0 Å². The third-order valence-electron chi connectivity index (χ3n) is 4.55. The van der Waals surface area contributed by atoms with E-state index in [0.717, 1.165) is 12.0 Å². The van der Waals surface area contributed by atoms with Gasteiger partial charge in [0.1, 0.15) is 0 Å². The van der Waals surface area contributed by atoms with Crippen molar-refractivity contribution in [3.8, 4) is 17.3 Å². The zero-order valence-corrected chi connectivity index (χ0v) is 17.1. The zero-order chi connectivity index (χ0) is 20.5. The van der Waals surface area contributed by atoms with Crippen molar-refractivity contribution in [3.05, 3.63) is 41.6 Å². The van der Waals surface area contributed by atoms with Crippen molar-refractivity contribution < 1.29 is 9.32 Å². The third kappa shape index (κ3) is 3.95. The Kier molecular flexibility index (Phi) is 5.31. The van der Waals surface area contributed by atoms with Gasteiger partial charge in [-0.15, -0.1) is 0 Å². The summed E-state index contributed by atoms with van der Waals surface area (Å²) in [7, 11) is 0. The van der Waals surface area contributed by atoms with Gasteiger partial charge in [-0.25, -0.2) is 9.67 Å². The fourth-order valence-corrected chi connectivity index (χ4v) is 2.58. The van der Waals surface area contributed by atoms with Gasteiger partial charge in [0.25, 0.3) is 11.8 Å². The van der Waals surface area contributed by atoms with E-state index in [2.05, 4.69) is 25.5 Å². The molecule has 0 aliphatic heterocycles. The van der Waals surface area contributed by atoms with Gasteiger partial charge >= 0.3 is 0 Å². The van der Waals surface area contributed by atoms with Gasteiger partial charge in [-0.3, -0.25) is 4.79 Å². The Morgan fingerprint density at radius 2 is 2.11 bits per heavy atom. The van der Waals surface area contributed by atoms with E-state index in [0.29, 0.717) is 28.8 Å². The molecule has 3 rings (SSSR count). The van der Waals surface area contributed by atoms with Gasteiger partial charge in [0.2, 0.25) is 0 Å². The summed E-state index contributed by atoms with van der Waals surface area (Å²) in [6.45, 7) is 11.9. The summed E-state index contributed by atoms with van der Waals surface area (Å²) in [5.74, 6) is 1.50. The van der Waals surface area contributed by atoms with Gasteiger partial charge in [-0.2, -0.15) is 10.1 Å². The van der Waals surface area contributed by atoms with Crippen LogP contribution in [-0.2, 0) is 5.41 Å². The van der Waals surface area contributed by atoms with Gasteiger partial charge < -0.3 is 9.84 Å². The standard InChI is InChI=1S/C20H26N6O2/c1-7-12(2)23-17(27)15-11-22-26(13(15)3)16-10-14(8-9-21-16)18-24-19(25-28-18)20(4,5)6/h8-12H,7H2,1-6H3,(H,23,27)/t12-/m1/s1. The summed E-state index contributed by atoms with van der Waals surface area (Å²) in [5.41, 5.74) is 1.79. The lowest BCUT2D eigenvalue weighted by Gasteiger charge is -2.11. The first-order valence-electron chi connectivity index (χ1n) is 9.37. The molecule has 0 fully saturated rings. The van der Waals surface area contributed by atoms with Crippen molar-refractivity contribution >= 4 is 5.91 Å². The topological polar surface area (TPSA) is 98.7 Å². The maximum absolute atomic E-state index is 12.4. The van der Waals surface area contributed by atoms with Crippen LogP contribution in [0.4, 0.5) is 0 Å². The Balaban J connectivity index is 1.91. The Hall–Kier alpha value is -3.03. The molecular formula is C20H26N6O2. The first-order valence-corrected chi connectivity index (χ1v) is 9.37. The van der Waals surface area contributed by atoms with Crippen molar-refractivity contribution in [2.75, 3.05) is 0 Å². The molecule has 0 radical (unpaired) electrons. The van der Waals surface area contributed by atoms with Crippen molar-refractivity contribution in [3.63, 3.8) is 0 Å². The normalized spacial score (nSPS) is 12.8. The summed E-state index contributed by atoms with van der Waals surface area (Å²) >= 11 is 0. The predicted octanol–water partition coefficient (Wildman–Crippen LogP) is 3.45. The molecule has 1 atom stereocenters. The van der Waals surface area contributed by atoms with Crippen LogP contribution >= 0.6 is 0 Å². The first kappa shape index (κ1) is 19.7. The second-order valence-corrected chi connectivity index (χ2v) is 7.91. The maximum atomic E-state index is 12.4. The van der Waals surface area contributed by atoms with Crippen molar-refractivity contribution in [2.24, 2.45) is 0 Å². The number of aromatic nitrogens is 5. The molecule has 0 unspecified atom stereocenters. The Bertz CT molecular complexity index is 983. The van der Waals surface area contributed by atoms with Gasteiger partial charge in [-0.1, -0.05) is 32.9 Å². The Morgan fingerprint density at radius 1 is 1.36 bits per heavy atom. The van der Waals surface area contributed by atoms with Crippen LogP contribution in [0.2, 0.25) is 0 Å². The Morgan fingerprint density at radius 3 is 2.75 bits per heavy atom. The van der Waals surface area contributed by atoms with Crippen molar-refractivity contribution in [2.45, 2.75) is 59.4 Å². The molecule has 8 nitrogen and oxygen atoms in total. The van der Waals surface area contributed by atoms with Gasteiger partial charge in [-0.05, 0) is 32.4 Å². The number of pyridine rings is 1. The molecule has 0 aliphatic carbocycles. The zero-order valence-electron chi connectivity index (χ0n) is 17.1. The minimum absolute atomic E-state index is 0.103. The van der Waals surface area contributed by atoms with Crippen LogP contribution in [0.1, 0.15) is 62.9 Å². The summed E-state index contributed by atoms with van der Waals surface area (Å²) < 4.78 is 7.05. The summed E-state index contributed by atoms with van der Waals surface area (Å²) in [4.78, 5) is 21.3. The molecule has 0 aromatic carbocycles. The molecule has 8 heteroatoms. The summed E-state index contributed by atoms with van der Waals surface area (Å²) in [6.07, 6.45) is 4.08. The smallest absolute Gasteiger partial charge is 0.258 e. The minimum Gasteiger partial charge on any atom is -0.349 e. The second-order valence-electron chi connectivity index (χ2n) is 7.91. The van der Waals surface area contributed by atoms with E-state index < -0.39 is 0 Å². The largest absolute Gasteiger partial charge is 0.349 e. The van der Waals surface area contributed by atoms with Crippen LogP contribution in [-0.4, -0.2) is 36.9 Å². The van der Waals surface area contributed by atoms with E-state index in [1.54, 1.807) is 23.1 Å². The van der Waals surface area contributed by atoms with Gasteiger partial charge in [0.15, 0.2) is 11.6 Å².